The van der Waals surface area contributed by atoms with Crippen LogP contribution in [0.25, 0.3) is 10.9 Å². The van der Waals surface area contributed by atoms with Gasteiger partial charge in [0, 0.05) is 11.6 Å². The molecule has 0 saturated heterocycles. The molecule has 0 aliphatic heterocycles. The van der Waals surface area contributed by atoms with Crippen molar-refractivity contribution in [3.63, 3.8) is 0 Å². The molecule has 5 heteroatoms. The van der Waals surface area contributed by atoms with Crippen molar-refractivity contribution in [1.82, 2.24) is 4.98 Å². The summed E-state index contributed by atoms with van der Waals surface area (Å²) in [4.78, 5) is 15.3. The largest absolute Gasteiger partial charge is 0.478 e. The van der Waals surface area contributed by atoms with Crippen LogP contribution in [0.5, 0.6) is 5.75 Å². The van der Waals surface area contributed by atoms with Gasteiger partial charge in [0.15, 0.2) is 12.4 Å². The number of ether oxygens (including phenoxy) is 2. The number of methoxy groups -OCH3 is 1. The van der Waals surface area contributed by atoms with Crippen molar-refractivity contribution in [3.05, 3.63) is 34.9 Å². The van der Waals surface area contributed by atoms with Gasteiger partial charge in [-0.3, -0.25) is 4.98 Å². The van der Waals surface area contributed by atoms with Crippen LogP contribution in [-0.4, -0.2) is 24.7 Å². The van der Waals surface area contributed by atoms with Crippen LogP contribution in [0.1, 0.15) is 0 Å². The van der Waals surface area contributed by atoms with Gasteiger partial charge in [-0.2, -0.15) is 0 Å². The molecule has 0 spiro atoms. The quantitative estimate of drug-likeness (QED) is 0.817. The average Bonchev–Trinajstić information content (AvgIpc) is 2.37. The Hall–Kier alpha value is -1.62. The lowest BCUT2D eigenvalue weighted by molar-refractivity contribution is -0.142. The minimum atomic E-state index is -0.426. The summed E-state index contributed by atoms with van der Waals surface area (Å²) in [6.07, 6.45) is 1.68. The molecule has 17 heavy (non-hydrogen) atoms. The van der Waals surface area contributed by atoms with Gasteiger partial charge in [0.2, 0.25) is 0 Å². The maximum Gasteiger partial charge on any atom is 0.343 e. The van der Waals surface area contributed by atoms with E-state index in [1.807, 2.05) is 24.3 Å². The summed E-state index contributed by atoms with van der Waals surface area (Å²) >= 11 is 3.37. The van der Waals surface area contributed by atoms with Crippen molar-refractivity contribution >= 4 is 32.8 Å². The highest BCUT2D eigenvalue weighted by Crippen LogP contribution is 2.32. The van der Waals surface area contributed by atoms with Crippen LogP contribution in [0, 0.1) is 0 Å². The molecule has 0 bridgehead atoms. The molecule has 1 aromatic heterocycles. The molecule has 0 aliphatic rings. The summed E-state index contributed by atoms with van der Waals surface area (Å²) in [7, 11) is 1.32. The van der Waals surface area contributed by atoms with Crippen molar-refractivity contribution in [1.29, 1.82) is 0 Å². The van der Waals surface area contributed by atoms with Crippen molar-refractivity contribution in [3.8, 4) is 5.75 Å². The van der Waals surface area contributed by atoms with Gasteiger partial charge in [0.25, 0.3) is 0 Å². The molecule has 2 rings (SSSR count). The van der Waals surface area contributed by atoms with Crippen LogP contribution in [0.15, 0.2) is 34.9 Å². The van der Waals surface area contributed by atoms with E-state index in [1.54, 1.807) is 6.20 Å². The SMILES string of the molecule is COC(=O)COc1c(Br)ccc2cccnc12. The van der Waals surface area contributed by atoms with Gasteiger partial charge in [-0.05, 0) is 28.1 Å². The molecule has 4 nitrogen and oxygen atoms in total. The molecule has 0 N–H and O–H groups in total. The van der Waals surface area contributed by atoms with Crippen LogP contribution in [-0.2, 0) is 9.53 Å². The number of nitrogens with zero attached hydrogens (tertiary/aromatic N) is 1. The minimum Gasteiger partial charge on any atom is -0.478 e. The van der Waals surface area contributed by atoms with Crippen molar-refractivity contribution < 1.29 is 14.3 Å². The molecule has 88 valence electrons. The first-order valence-corrected chi connectivity index (χ1v) is 5.74. The van der Waals surface area contributed by atoms with E-state index in [-0.39, 0.29) is 6.61 Å². The van der Waals surface area contributed by atoms with E-state index >= 15 is 0 Å². The summed E-state index contributed by atoms with van der Waals surface area (Å²) in [5, 5.41) is 0.954. The Morgan fingerprint density at radius 3 is 3.00 bits per heavy atom. The summed E-state index contributed by atoms with van der Waals surface area (Å²) in [6.45, 7) is -0.134. The number of pyridine rings is 1. The maximum absolute atomic E-state index is 11.0. The van der Waals surface area contributed by atoms with Gasteiger partial charge in [-0.15, -0.1) is 0 Å². The zero-order valence-electron chi connectivity index (χ0n) is 9.14. The van der Waals surface area contributed by atoms with Gasteiger partial charge < -0.3 is 9.47 Å². The second kappa shape index (κ2) is 5.14. The Bertz CT molecular complexity index is 556. The number of halogens is 1. The molecule has 1 heterocycles. The number of hydrogen-bond acceptors (Lipinski definition) is 4. The first-order valence-electron chi connectivity index (χ1n) is 4.95. The lowest BCUT2D eigenvalue weighted by atomic mass is 10.2. The molecule has 0 radical (unpaired) electrons. The van der Waals surface area contributed by atoms with E-state index in [1.165, 1.54) is 7.11 Å². The van der Waals surface area contributed by atoms with Crippen molar-refractivity contribution in [2.24, 2.45) is 0 Å². The second-order valence-corrected chi connectivity index (χ2v) is 4.17. The average molecular weight is 296 g/mol. The molecule has 0 saturated carbocycles. The van der Waals surface area contributed by atoms with Gasteiger partial charge in [-0.1, -0.05) is 12.1 Å². The highest BCUT2D eigenvalue weighted by atomic mass is 79.9. The fourth-order valence-corrected chi connectivity index (χ4v) is 1.86. The molecule has 0 fully saturated rings. The second-order valence-electron chi connectivity index (χ2n) is 3.32. The summed E-state index contributed by atoms with van der Waals surface area (Å²) in [5.74, 6) is 0.123. The number of benzene rings is 1. The fraction of sp³-hybridized carbons (Fsp3) is 0.167. The van der Waals surface area contributed by atoms with E-state index in [0.29, 0.717) is 11.3 Å². The zero-order chi connectivity index (χ0) is 12.3. The van der Waals surface area contributed by atoms with E-state index in [9.17, 15) is 4.79 Å². The van der Waals surface area contributed by atoms with Gasteiger partial charge in [0.1, 0.15) is 5.52 Å². The lowest BCUT2D eigenvalue weighted by Crippen LogP contribution is -2.13. The molecule has 2 aromatic rings. The number of hydrogen-bond donors (Lipinski definition) is 0. The van der Waals surface area contributed by atoms with Gasteiger partial charge >= 0.3 is 5.97 Å². The normalized spacial score (nSPS) is 10.2. The van der Waals surface area contributed by atoms with Crippen molar-refractivity contribution in [2.45, 2.75) is 0 Å². The summed E-state index contributed by atoms with van der Waals surface area (Å²) in [6, 6.07) is 7.56. The number of carbonyl (C=O) groups is 1. The Balaban J connectivity index is 2.37. The molecule has 0 atom stereocenters. The van der Waals surface area contributed by atoms with Gasteiger partial charge in [-0.25, -0.2) is 4.79 Å². The van der Waals surface area contributed by atoms with E-state index in [4.69, 9.17) is 4.74 Å². The number of aromatic nitrogens is 1. The zero-order valence-corrected chi connectivity index (χ0v) is 10.7. The topological polar surface area (TPSA) is 48.4 Å². The molecule has 0 amide bonds. The number of carbonyl (C=O) groups excluding carboxylic acids is 1. The third-order valence-electron chi connectivity index (χ3n) is 2.24. The molecule has 0 aliphatic carbocycles. The highest BCUT2D eigenvalue weighted by Gasteiger charge is 2.10. The summed E-state index contributed by atoms with van der Waals surface area (Å²) in [5.41, 5.74) is 0.714. The van der Waals surface area contributed by atoms with Gasteiger partial charge in [0.05, 0.1) is 11.6 Å². The van der Waals surface area contributed by atoms with Crippen molar-refractivity contribution in [2.75, 3.05) is 13.7 Å². The van der Waals surface area contributed by atoms with E-state index in [0.717, 1.165) is 9.86 Å². The first-order chi connectivity index (χ1) is 8.22. The Labute approximate surface area is 107 Å². The fourth-order valence-electron chi connectivity index (χ4n) is 1.42. The number of esters is 1. The Morgan fingerprint density at radius 1 is 1.41 bits per heavy atom. The van der Waals surface area contributed by atoms with Crippen LogP contribution >= 0.6 is 15.9 Å². The lowest BCUT2D eigenvalue weighted by Gasteiger charge is -2.09. The van der Waals surface area contributed by atoms with Crippen LogP contribution < -0.4 is 4.74 Å². The predicted molar refractivity (Wildman–Crippen MR) is 67.0 cm³/mol. The maximum atomic E-state index is 11.0. The minimum absolute atomic E-state index is 0.134. The standard InChI is InChI=1S/C12H10BrNO3/c1-16-10(15)7-17-12-9(13)5-4-8-3-2-6-14-11(8)12/h2-6H,7H2,1H3. The van der Waals surface area contributed by atoms with E-state index in [2.05, 4.69) is 25.7 Å². The molecular weight excluding hydrogens is 286 g/mol. The van der Waals surface area contributed by atoms with E-state index < -0.39 is 5.97 Å². The van der Waals surface area contributed by atoms with Crippen LogP contribution in [0.2, 0.25) is 0 Å². The number of rotatable bonds is 3. The van der Waals surface area contributed by atoms with Crippen LogP contribution in [0.3, 0.4) is 0 Å². The molecule has 0 unspecified atom stereocenters. The number of fused-ring (bicyclic) bond motifs is 1. The monoisotopic (exact) mass is 295 g/mol. The predicted octanol–water partition coefficient (Wildman–Crippen LogP) is 2.55. The Kier molecular flexibility index (Phi) is 3.58. The first kappa shape index (κ1) is 11.9. The third kappa shape index (κ3) is 2.55. The molecule has 1 aromatic carbocycles. The molecular formula is C12H10BrNO3. The van der Waals surface area contributed by atoms with Crippen LogP contribution in [0.4, 0.5) is 0 Å². The Morgan fingerprint density at radius 2 is 2.24 bits per heavy atom. The summed E-state index contributed by atoms with van der Waals surface area (Å²) < 4.78 is 10.7. The smallest absolute Gasteiger partial charge is 0.343 e. The third-order valence-corrected chi connectivity index (χ3v) is 2.87. The highest BCUT2D eigenvalue weighted by molar-refractivity contribution is 9.10.